The van der Waals surface area contributed by atoms with Gasteiger partial charge in [0.15, 0.2) is 0 Å². The highest BCUT2D eigenvalue weighted by Gasteiger charge is 2.18. The summed E-state index contributed by atoms with van der Waals surface area (Å²) in [6, 6.07) is 6.17. The average Bonchev–Trinajstić information content (AvgIpc) is 2.58. The van der Waals surface area contributed by atoms with E-state index in [4.69, 9.17) is 4.74 Å². The standard InChI is InChI=1S/C19H31N3O2/c1-16-8-9-17(20-2)18(15-16)24-14-6-4-5-7-19(23)22-12-10-21(3)11-13-22/h8-9,15,20H,4-7,10-14H2,1-3H3. The number of carbonyl (C=O) groups is 1. The molecule has 0 bridgehead atoms. The second kappa shape index (κ2) is 9.52. The van der Waals surface area contributed by atoms with Gasteiger partial charge in [0.2, 0.25) is 5.91 Å². The van der Waals surface area contributed by atoms with Crippen LogP contribution < -0.4 is 10.1 Å². The fourth-order valence-electron chi connectivity index (χ4n) is 2.91. The van der Waals surface area contributed by atoms with Crippen molar-refractivity contribution < 1.29 is 9.53 Å². The van der Waals surface area contributed by atoms with E-state index in [9.17, 15) is 4.79 Å². The highest BCUT2D eigenvalue weighted by Crippen LogP contribution is 2.25. The van der Waals surface area contributed by atoms with Gasteiger partial charge in [-0.15, -0.1) is 0 Å². The van der Waals surface area contributed by atoms with E-state index in [-0.39, 0.29) is 0 Å². The van der Waals surface area contributed by atoms with Gasteiger partial charge in [0.05, 0.1) is 12.3 Å². The molecule has 1 N–H and O–H groups in total. The zero-order chi connectivity index (χ0) is 17.4. The maximum absolute atomic E-state index is 12.1. The lowest BCUT2D eigenvalue weighted by atomic mass is 10.1. The van der Waals surface area contributed by atoms with Gasteiger partial charge >= 0.3 is 0 Å². The summed E-state index contributed by atoms with van der Waals surface area (Å²) in [6.07, 6.45) is 3.62. The Bertz CT molecular complexity index is 525. The summed E-state index contributed by atoms with van der Waals surface area (Å²) in [5.74, 6) is 1.21. The van der Waals surface area contributed by atoms with E-state index in [0.717, 1.165) is 56.9 Å². The number of aryl methyl sites for hydroxylation is 1. The zero-order valence-electron chi connectivity index (χ0n) is 15.3. The van der Waals surface area contributed by atoms with Crippen molar-refractivity contribution in [2.45, 2.75) is 32.6 Å². The highest BCUT2D eigenvalue weighted by atomic mass is 16.5. The van der Waals surface area contributed by atoms with Gasteiger partial charge in [-0.25, -0.2) is 0 Å². The first-order valence-corrected chi connectivity index (χ1v) is 8.97. The third kappa shape index (κ3) is 5.71. The minimum absolute atomic E-state index is 0.306. The number of amides is 1. The number of unbranched alkanes of at least 4 members (excludes halogenated alkanes) is 2. The Balaban J connectivity index is 1.60. The van der Waals surface area contributed by atoms with E-state index < -0.39 is 0 Å². The van der Waals surface area contributed by atoms with E-state index in [1.807, 2.05) is 18.0 Å². The number of piperazine rings is 1. The number of nitrogens with one attached hydrogen (secondary N) is 1. The van der Waals surface area contributed by atoms with Gasteiger partial charge in [0.1, 0.15) is 5.75 Å². The summed E-state index contributed by atoms with van der Waals surface area (Å²) >= 11 is 0. The van der Waals surface area contributed by atoms with Crippen LogP contribution in [0.1, 0.15) is 31.2 Å². The smallest absolute Gasteiger partial charge is 0.222 e. The number of hydrogen-bond acceptors (Lipinski definition) is 4. The second-order valence-electron chi connectivity index (χ2n) is 6.59. The van der Waals surface area contributed by atoms with Crippen LogP contribution in [0.2, 0.25) is 0 Å². The molecule has 5 nitrogen and oxygen atoms in total. The van der Waals surface area contributed by atoms with Gasteiger partial charge in [-0.1, -0.05) is 6.07 Å². The van der Waals surface area contributed by atoms with Crippen LogP contribution in [0.5, 0.6) is 5.75 Å². The molecule has 0 atom stereocenters. The average molecular weight is 333 g/mol. The van der Waals surface area contributed by atoms with Gasteiger partial charge in [0, 0.05) is 39.6 Å². The lowest BCUT2D eigenvalue weighted by Gasteiger charge is -2.32. The van der Waals surface area contributed by atoms with E-state index in [0.29, 0.717) is 18.9 Å². The number of nitrogens with zero attached hydrogens (tertiary/aromatic N) is 2. The Morgan fingerprint density at radius 3 is 2.62 bits per heavy atom. The molecular formula is C19H31N3O2. The summed E-state index contributed by atoms with van der Waals surface area (Å²) in [5, 5.41) is 3.15. The molecule has 0 aliphatic carbocycles. The zero-order valence-corrected chi connectivity index (χ0v) is 15.3. The Morgan fingerprint density at radius 1 is 1.17 bits per heavy atom. The number of carbonyl (C=O) groups excluding carboxylic acids is 1. The summed E-state index contributed by atoms with van der Waals surface area (Å²) in [5.41, 5.74) is 2.22. The molecule has 134 valence electrons. The van der Waals surface area contributed by atoms with E-state index in [2.05, 4.69) is 36.3 Å². The van der Waals surface area contributed by atoms with Crippen molar-refractivity contribution in [3.63, 3.8) is 0 Å². The Morgan fingerprint density at radius 2 is 1.92 bits per heavy atom. The Hall–Kier alpha value is -1.75. The molecule has 0 saturated carbocycles. The van der Waals surface area contributed by atoms with Crippen molar-refractivity contribution >= 4 is 11.6 Å². The Labute approximate surface area is 146 Å². The third-order valence-corrected chi connectivity index (χ3v) is 4.55. The van der Waals surface area contributed by atoms with Crippen molar-refractivity contribution in [2.75, 3.05) is 52.2 Å². The molecule has 1 aromatic rings. The number of likely N-dealkylation sites (N-methyl/N-ethyl adjacent to an activating group) is 1. The van der Waals surface area contributed by atoms with Crippen LogP contribution in [0, 0.1) is 6.92 Å². The molecule has 5 heteroatoms. The number of rotatable bonds is 8. The minimum atomic E-state index is 0.306. The first-order chi connectivity index (χ1) is 11.6. The van der Waals surface area contributed by atoms with Gasteiger partial charge in [-0.05, 0) is 50.9 Å². The number of benzene rings is 1. The molecule has 1 aliphatic heterocycles. The maximum atomic E-state index is 12.1. The number of ether oxygens (including phenoxy) is 1. The summed E-state index contributed by atoms with van der Waals surface area (Å²) < 4.78 is 5.88. The van der Waals surface area contributed by atoms with Crippen molar-refractivity contribution in [3.05, 3.63) is 23.8 Å². The molecule has 24 heavy (non-hydrogen) atoms. The maximum Gasteiger partial charge on any atom is 0.222 e. The van der Waals surface area contributed by atoms with Crippen molar-refractivity contribution in [1.29, 1.82) is 0 Å². The Kier molecular flexibility index (Phi) is 7.37. The molecule has 1 aromatic carbocycles. The topological polar surface area (TPSA) is 44.8 Å². The molecule has 0 spiro atoms. The van der Waals surface area contributed by atoms with E-state index in [1.165, 1.54) is 5.56 Å². The lowest BCUT2D eigenvalue weighted by Crippen LogP contribution is -2.47. The van der Waals surface area contributed by atoms with Crippen molar-refractivity contribution in [1.82, 2.24) is 9.80 Å². The minimum Gasteiger partial charge on any atom is -0.491 e. The monoisotopic (exact) mass is 333 g/mol. The van der Waals surface area contributed by atoms with E-state index in [1.54, 1.807) is 0 Å². The number of hydrogen-bond donors (Lipinski definition) is 1. The first kappa shape index (κ1) is 18.6. The second-order valence-corrected chi connectivity index (χ2v) is 6.59. The van der Waals surface area contributed by atoms with Crippen LogP contribution in [0.15, 0.2) is 18.2 Å². The van der Waals surface area contributed by atoms with Crippen LogP contribution in [0.25, 0.3) is 0 Å². The lowest BCUT2D eigenvalue weighted by molar-refractivity contribution is -0.132. The summed E-state index contributed by atoms with van der Waals surface area (Å²) in [4.78, 5) is 16.4. The molecule has 2 rings (SSSR count). The predicted molar refractivity (Wildman–Crippen MR) is 98.8 cm³/mol. The van der Waals surface area contributed by atoms with Crippen molar-refractivity contribution in [2.24, 2.45) is 0 Å². The van der Waals surface area contributed by atoms with Crippen molar-refractivity contribution in [3.8, 4) is 5.75 Å². The van der Waals surface area contributed by atoms with Crippen LogP contribution in [0.4, 0.5) is 5.69 Å². The van der Waals surface area contributed by atoms with Gasteiger partial charge in [0.25, 0.3) is 0 Å². The summed E-state index contributed by atoms with van der Waals surface area (Å²) in [6.45, 7) is 6.49. The number of anilines is 1. The first-order valence-electron chi connectivity index (χ1n) is 8.97. The molecule has 1 aliphatic rings. The van der Waals surface area contributed by atoms with Crippen LogP contribution in [-0.2, 0) is 4.79 Å². The predicted octanol–water partition coefficient (Wildman–Crippen LogP) is 2.75. The molecular weight excluding hydrogens is 302 g/mol. The third-order valence-electron chi connectivity index (χ3n) is 4.55. The fourth-order valence-corrected chi connectivity index (χ4v) is 2.91. The SMILES string of the molecule is CNc1ccc(C)cc1OCCCCCC(=O)N1CCN(C)CC1. The van der Waals surface area contributed by atoms with Gasteiger partial charge in [-0.2, -0.15) is 0 Å². The van der Waals surface area contributed by atoms with Crippen LogP contribution in [-0.4, -0.2) is 62.6 Å². The van der Waals surface area contributed by atoms with Crippen LogP contribution in [0.3, 0.4) is 0 Å². The normalized spacial score (nSPS) is 15.4. The fraction of sp³-hybridized carbons (Fsp3) is 0.632. The molecule has 1 amide bonds. The quantitative estimate of drug-likeness (QED) is 0.743. The van der Waals surface area contributed by atoms with Gasteiger partial charge < -0.3 is 19.9 Å². The highest BCUT2D eigenvalue weighted by molar-refractivity contribution is 5.76. The molecule has 0 radical (unpaired) electrons. The molecule has 1 heterocycles. The summed E-state index contributed by atoms with van der Waals surface area (Å²) in [7, 11) is 4.01. The molecule has 0 unspecified atom stereocenters. The molecule has 0 aromatic heterocycles. The van der Waals surface area contributed by atoms with Crippen LogP contribution >= 0.6 is 0 Å². The van der Waals surface area contributed by atoms with Gasteiger partial charge in [-0.3, -0.25) is 4.79 Å². The molecule has 1 saturated heterocycles. The largest absolute Gasteiger partial charge is 0.491 e. The van der Waals surface area contributed by atoms with E-state index >= 15 is 0 Å². The molecule has 1 fully saturated rings.